The van der Waals surface area contributed by atoms with Crippen molar-refractivity contribution in [2.75, 3.05) is 32.8 Å². The topological polar surface area (TPSA) is 41.6 Å². The lowest BCUT2D eigenvalue weighted by Crippen LogP contribution is -2.42. The first kappa shape index (κ1) is 18.7. The standard InChI is InChI=1S/C24H26N2O2/c27-24(17-21-11-6-10-19-7-4-5-12-22(19)21)25-13-14-26-15-16-28-23(18-26)20-8-2-1-3-9-20/h1-12,23H,13-18H2,(H,25,27)/t23-/m1/s1. The zero-order valence-corrected chi connectivity index (χ0v) is 16.0. The smallest absolute Gasteiger partial charge is 0.224 e. The van der Waals surface area contributed by atoms with E-state index in [-0.39, 0.29) is 12.0 Å². The highest BCUT2D eigenvalue weighted by molar-refractivity contribution is 5.90. The molecule has 3 aromatic rings. The Hall–Kier alpha value is -2.69. The normalized spacial score (nSPS) is 17.5. The summed E-state index contributed by atoms with van der Waals surface area (Å²) in [5.74, 6) is 0.0734. The van der Waals surface area contributed by atoms with Gasteiger partial charge in [-0.05, 0) is 21.9 Å². The Balaban J connectivity index is 1.27. The number of ether oxygens (including phenoxy) is 1. The molecule has 1 heterocycles. The van der Waals surface area contributed by atoms with Crippen LogP contribution in [0.1, 0.15) is 17.2 Å². The van der Waals surface area contributed by atoms with Crippen molar-refractivity contribution in [3.05, 3.63) is 83.9 Å². The van der Waals surface area contributed by atoms with Crippen LogP contribution in [0.3, 0.4) is 0 Å². The van der Waals surface area contributed by atoms with Crippen molar-refractivity contribution in [1.29, 1.82) is 0 Å². The molecule has 0 aromatic heterocycles. The molecule has 1 atom stereocenters. The van der Waals surface area contributed by atoms with Gasteiger partial charge in [0.15, 0.2) is 0 Å². The lowest BCUT2D eigenvalue weighted by molar-refractivity contribution is -0.120. The maximum atomic E-state index is 12.4. The van der Waals surface area contributed by atoms with Gasteiger partial charge >= 0.3 is 0 Å². The molecule has 1 aliphatic rings. The molecule has 1 amide bonds. The molecule has 3 aromatic carbocycles. The summed E-state index contributed by atoms with van der Waals surface area (Å²) in [5.41, 5.74) is 2.29. The Labute approximate surface area is 166 Å². The molecule has 0 radical (unpaired) electrons. The Morgan fingerprint density at radius 1 is 1.00 bits per heavy atom. The summed E-state index contributed by atoms with van der Waals surface area (Å²) in [6.45, 7) is 3.99. The lowest BCUT2D eigenvalue weighted by atomic mass is 10.0. The van der Waals surface area contributed by atoms with Gasteiger partial charge < -0.3 is 10.1 Å². The number of hydrogen-bond acceptors (Lipinski definition) is 3. The summed E-state index contributed by atoms with van der Waals surface area (Å²) in [5, 5.41) is 5.40. The molecule has 4 rings (SSSR count). The predicted octanol–water partition coefficient (Wildman–Crippen LogP) is 3.57. The molecule has 144 valence electrons. The molecule has 0 aliphatic carbocycles. The molecule has 0 unspecified atom stereocenters. The SMILES string of the molecule is O=C(Cc1cccc2ccccc12)NCCN1CCO[C@@H](c2ccccc2)C1. The van der Waals surface area contributed by atoms with E-state index in [0.29, 0.717) is 13.0 Å². The summed E-state index contributed by atoms with van der Waals surface area (Å²) in [4.78, 5) is 14.8. The summed E-state index contributed by atoms with van der Waals surface area (Å²) in [7, 11) is 0. The second-order valence-corrected chi connectivity index (χ2v) is 7.24. The van der Waals surface area contributed by atoms with Crippen LogP contribution in [0.15, 0.2) is 72.8 Å². The van der Waals surface area contributed by atoms with Crippen LogP contribution >= 0.6 is 0 Å². The number of nitrogens with zero attached hydrogens (tertiary/aromatic N) is 1. The third-order valence-corrected chi connectivity index (χ3v) is 5.30. The number of fused-ring (bicyclic) bond motifs is 1. The number of hydrogen-bond donors (Lipinski definition) is 1. The highest BCUT2D eigenvalue weighted by Crippen LogP contribution is 2.21. The molecule has 4 heteroatoms. The van der Waals surface area contributed by atoms with Gasteiger partial charge in [0.05, 0.1) is 19.1 Å². The highest BCUT2D eigenvalue weighted by Gasteiger charge is 2.21. The van der Waals surface area contributed by atoms with Crippen LogP contribution < -0.4 is 5.32 Å². The van der Waals surface area contributed by atoms with Crippen molar-refractivity contribution in [3.8, 4) is 0 Å². The van der Waals surface area contributed by atoms with E-state index in [9.17, 15) is 4.79 Å². The van der Waals surface area contributed by atoms with Crippen LogP contribution in [0.2, 0.25) is 0 Å². The maximum Gasteiger partial charge on any atom is 0.224 e. The molecule has 0 bridgehead atoms. The molecule has 0 spiro atoms. The number of carbonyl (C=O) groups is 1. The maximum absolute atomic E-state index is 12.4. The van der Waals surface area contributed by atoms with Crippen molar-refractivity contribution in [2.24, 2.45) is 0 Å². The van der Waals surface area contributed by atoms with E-state index in [1.54, 1.807) is 0 Å². The molecular formula is C24H26N2O2. The fourth-order valence-corrected chi connectivity index (χ4v) is 3.81. The van der Waals surface area contributed by atoms with Crippen molar-refractivity contribution in [2.45, 2.75) is 12.5 Å². The average molecular weight is 374 g/mol. The molecule has 1 saturated heterocycles. The number of rotatable bonds is 6. The minimum absolute atomic E-state index is 0.0734. The fraction of sp³-hybridized carbons (Fsp3) is 0.292. The van der Waals surface area contributed by atoms with Crippen LogP contribution in [-0.4, -0.2) is 43.6 Å². The Morgan fingerprint density at radius 2 is 1.79 bits per heavy atom. The largest absolute Gasteiger partial charge is 0.371 e. The number of amides is 1. The van der Waals surface area contributed by atoms with E-state index in [1.165, 1.54) is 10.9 Å². The van der Waals surface area contributed by atoms with Gasteiger partial charge in [-0.1, -0.05) is 72.8 Å². The Kier molecular flexibility index (Phi) is 6.00. The zero-order chi connectivity index (χ0) is 19.2. The van der Waals surface area contributed by atoms with Crippen molar-refractivity contribution < 1.29 is 9.53 Å². The van der Waals surface area contributed by atoms with Crippen molar-refractivity contribution in [1.82, 2.24) is 10.2 Å². The second kappa shape index (κ2) is 9.00. The van der Waals surface area contributed by atoms with Gasteiger partial charge in [0.2, 0.25) is 5.91 Å². The number of carbonyl (C=O) groups excluding carboxylic acids is 1. The van der Waals surface area contributed by atoms with E-state index < -0.39 is 0 Å². The number of nitrogens with one attached hydrogen (secondary N) is 1. The molecule has 1 aliphatic heterocycles. The summed E-state index contributed by atoms with van der Waals surface area (Å²) in [6.07, 6.45) is 0.526. The van der Waals surface area contributed by atoms with E-state index in [0.717, 1.165) is 37.2 Å². The lowest BCUT2D eigenvalue weighted by Gasteiger charge is -2.33. The van der Waals surface area contributed by atoms with Crippen LogP contribution in [0.25, 0.3) is 10.8 Å². The summed E-state index contributed by atoms with van der Waals surface area (Å²) >= 11 is 0. The minimum atomic E-state index is 0.0734. The molecule has 4 nitrogen and oxygen atoms in total. The first-order valence-electron chi connectivity index (χ1n) is 9.92. The Bertz CT molecular complexity index is 921. The van der Waals surface area contributed by atoms with Crippen LogP contribution in [0, 0.1) is 0 Å². The third-order valence-electron chi connectivity index (χ3n) is 5.30. The highest BCUT2D eigenvalue weighted by atomic mass is 16.5. The van der Waals surface area contributed by atoms with Gasteiger partial charge in [-0.15, -0.1) is 0 Å². The van der Waals surface area contributed by atoms with E-state index in [1.807, 2.05) is 42.5 Å². The molecule has 0 saturated carbocycles. The van der Waals surface area contributed by atoms with E-state index in [4.69, 9.17) is 4.74 Å². The van der Waals surface area contributed by atoms with Crippen LogP contribution in [0.4, 0.5) is 0 Å². The van der Waals surface area contributed by atoms with Crippen molar-refractivity contribution >= 4 is 16.7 Å². The van der Waals surface area contributed by atoms with Gasteiger partial charge in [-0.2, -0.15) is 0 Å². The number of benzene rings is 3. The van der Waals surface area contributed by atoms with Gasteiger partial charge in [0.1, 0.15) is 0 Å². The van der Waals surface area contributed by atoms with Crippen molar-refractivity contribution in [3.63, 3.8) is 0 Å². The average Bonchev–Trinajstić information content (AvgIpc) is 2.75. The van der Waals surface area contributed by atoms with Crippen LogP contribution in [-0.2, 0) is 16.0 Å². The van der Waals surface area contributed by atoms with Crippen LogP contribution in [0.5, 0.6) is 0 Å². The molecule has 28 heavy (non-hydrogen) atoms. The van der Waals surface area contributed by atoms with Gasteiger partial charge in [-0.3, -0.25) is 9.69 Å². The summed E-state index contributed by atoms with van der Waals surface area (Å²) in [6, 6.07) is 24.7. The second-order valence-electron chi connectivity index (χ2n) is 7.24. The van der Waals surface area contributed by atoms with Gasteiger partial charge in [-0.25, -0.2) is 0 Å². The first-order chi connectivity index (χ1) is 13.8. The van der Waals surface area contributed by atoms with E-state index >= 15 is 0 Å². The third kappa shape index (κ3) is 4.58. The molecular weight excluding hydrogens is 348 g/mol. The minimum Gasteiger partial charge on any atom is -0.371 e. The van der Waals surface area contributed by atoms with Gasteiger partial charge in [0.25, 0.3) is 0 Å². The quantitative estimate of drug-likeness (QED) is 0.717. The van der Waals surface area contributed by atoms with Gasteiger partial charge in [0, 0.05) is 26.2 Å². The molecule has 1 N–H and O–H groups in total. The first-order valence-corrected chi connectivity index (χ1v) is 9.92. The zero-order valence-electron chi connectivity index (χ0n) is 16.0. The fourth-order valence-electron chi connectivity index (χ4n) is 3.81. The Morgan fingerprint density at radius 3 is 2.68 bits per heavy atom. The monoisotopic (exact) mass is 374 g/mol. The summed E-state index contributed by atoms with van der Waals surface area (Å²) < 4.78 is 5.91. The number of morpholine rings is 1. The molecule has 1 fully saturated rings. The predicted molar refractivity (Wildman–Crippen MR) is 112 cm³/mol. The van der Waals surface area contributed by atoms with E-state index in [2.05, 4.69) is 40.5 Å².